The summed E-state index contributed by atoms with van der Waals surface area (Å²) in [6, 6.07) is 0. The van der Waals surface area contributed by atoms with Crippen molar-refractivity contribution in [2.75, 3.05) is 13.2 Å². The third-order valence-corrected chi connectivity index (χ3v) is 6.74. The van der Waals surface area contributed by atoms with Gasteiger partial charge < -0.3 is 9.47 Å². The molecule has 0 heterocycles. The number of carbonyl (C=O) groups excluding carboxylic acids is 2. The second-order valence-electron chi connectivity index (χ2n) is 8.96. The first-order valence-electron chi connectivity index (χ1n) is 11.1. The Balaban J connectivity index is 5.81. The van der Waals surface area contributed by atoms with Crippen molar-refractivity contribution in [3.8, 4) is 0 Å². The molecule has 0 saturated carbocycles. The van der Waals surface area contributed by atoms with Crippen LogP contribution in [0.4, 0.5) is 96.6 Å². The van der Waals surface area contributed by atoms with E-state index in [1.807, 2.05) is 0 Å². The van der Waals surface area contributed by atoms with Gasteiger partial charge in [0.05, 0.1) is 32.5 Å². The van der Waals surface area contributed by atoms with Gasteiger partial charge in [0, 0.05) is 0 Å². The molecule has 48 heavy (non-hydrogen) atoms. The molecule has 0 aromatic carbocycles. The van der Waals surface area contributed by atoms with Crippen molar-refractivity contribution in [1.29, 1.82) is 0 Å². The van der Waals surface area contributed by atoms with Crippen LogP contribution < -0.4 is 0 Å². The Labute approximate surface area is 249 Å². The minimum Gasteiger partial charge on any atom is -0.465 e. The lowest BCUT2D eigenvalue weighted by Gasteiger charge is -2.39. The number of ether oxygens (including phenoxy) is 2. The molecule has 30 heteroatoms. The summed E-state index contributed by atoms with van der Waals surface area (Å²) in [5, 5.41) is -3.61. The van der Waals surface area contributed by atoms with E-state index in [2.05, 4.69) is 9.47 Å². The summed E-state index contributed by atoms with van der Waals surface area (Å²) < 4.78 is 324. The minimum atomic E-state index is -7.97. The van der Waals surface area contributed by atoms with E-state index < -0.39 is 120 Å². The number of carbonyl (C=O) groups is 2. The number of alkyl halides is 22. The first-order chi connectivity index (χ1) is 20.6. The van der Waals surface area contributed by atoms with Gasteiger partial charge in [0.25, 0.3) is 10.1 Å². The fourth-order valence-electron chi connectivity index (χ4n) is 3.04. The Morgan fingerprint density at radius 2 is 0.792 bits per heavy atom. The van der Waals surface area contributed by atoms with Crippen molar-refractivity contribution in [3.05, 3.63) is 0 Å². The molecule has 0 bridgehead atoms. The Hall–Kier alpha value is -2.69. The van der Waals surface area contributed by atoms with Gasteiger partial charge in [-0.2, -0.15) is 96.2 Å². The summed E-state index contributed by atoms with van der Waals surface area (Å²) in [5.74, 6) is -34.4. The zero-order valence-electron chi connectivity index (χ0n) is 21.7. The molecular weight excluding hydrogens is 778 g/mol. The van der Waals surface area contributed by atoms with Crippen molar-refractivity contribution in [1.82, 2.24) is 0 Å². The molecule has 0 aliphatic rings. The van der Waals surface area contributed by atoms with E-state index in [1.165, 1.54) is 0 Å². The van der Waals surface area contributed by atoms with Crippen molar-refractivity contribution < 1.29 is 129 Å². The summed E-state index contributed by atoms with van der Waals surface area (Å²) in [4.78, 5) is 23.3. The molecule has 0 fully saturated rings. The summed E-state index contributed by atoms with van der Waals surface area (Å²) in [6.45, 7) is -5.07. The first kappa shape index (κ1) is 45.3. The van der Waals surface area contributed by atoms with Crippen LogP contribution in [0.5, 0.6) is 0 Å². The largest absolute Gasteiger partial charge is 0.465 e. The van der Waals surface area contributed by atoms with E-state index in [-0.39, 0.29) is 0 Å². The maximum Gasteiger partial charge on any atom is 0.438 e. The van der Waals surface area contributed by atoms with Crippen molar-refractivity contribution in [3.63, 3.8) is 0 Å². The van der Waals surface area contributed by atoms with Gasteiger partial charge in [-0.25, -0.2) is 8.78 Å². The second-order valence-corrected chi connectivity index (χ2v) is 10.6. The molecule has 0 spiro atoms. The summed E-state index contributed by atoms with van der Waals surface area (Å²) in [6.07, 6.45) is -39.8. The Bertz CT molecular complexity index is 1240. The van der Waals surface area contributed by atoms with Crippen LogP contribution >= 0.6 is 0 Å². The molecule has 0 aromatic heterocycles. The van der Waals surface area contributed by atoms with Gasteiger partial charge in [0.15, 0.2) is 5.25 Å². The number of hydrogen-bond acceptors (Lipinski definition) is 6. The monoisotopic (exact) mass is 790 g/mol. The van der Waals surface area contributed by atoms with Crippen LogP contribution in [0.2, 0.25) is 0 Å². The first-order valence-corrected chi connectivity index (χ1v) is 12.6. The lowest BCUT2D eigenvalue weighted by atomic mass is 9.89. The average Bonchev–Trinajstić information content (AvgIpc) is 2.81. The van der Waals surface area contributed by atoms with Gasteiger partial charge >= 0.3 is 71.7 Å². The number of rotatable bonds is 14. The third kappa shape index (κ3) is 8.19. The van der Waals surface area contributed by atoms with E-state index in [1.54, 1.807) is 0 Å². The Morgan fingerprint density at radius 3 is 1.04 bits per heavy atom. The minimum absolute atomic E-state index is 2.37. The molecule has 1 N–H and O–H groups in total. The zero-order chi connectivity index (χ0) is 39.2. The van der Waals surface area contributed by atoms with Gasteiger partial charge in [-0.15, -0.1) is 0 Å². The molecule has 0 saturated heterocycles. The molecule has 0 aliphatic heterocycles. The van der Waals surface area contributed by atoms with Crippen molar-refractivity contribution in [2.45, 2.75) is 84.2 Å². The van der Waals surface area contributed by atoms with E-state index in [9.17, 15) is 115 Å². The van der Waals surface area contributed by atoms with E-state index in [0.29, 0.717) is 0 Å². The SMILES string of the molecule is O=C(CC(C(=O)OCCC(F)(F)C(F)(F)C(F)(C(F)(F)F)C(F)(F)F)S(=O)(=O)O)OCCC(F)(F)C(F)(F)C(F)(C(F)(F)F)C(F)(F)F. The number of esters is 2. The molecule has 0 radical (unpaired) electrons. The topological polar surface area (TPSA) is 107 Å². The molecule has 286 valence electrons. The molecule has 0 aliphatic carbocycles. The predicted molar refractivity (Wildman–Crippen MR) is 103 cm³/mol. The molecule has 0 amide bonds. The summed E-state index contributed by atoms with van der Waals surface area (Å²) >= 11 is 0. The van der Waals surface area contributed by atoms with E-state index in [0.717, 1.165) is 0 Å². The molecular formula is C18H12F22O7S. The molecule has 1 atom stereocenters. The number of hydrogen-bond donors (Lipinski definition) is 1. The second kappa shape index (κ2) is 13.2. The fraction of sp³-hybridized carbons (Fsp3) is 0.889. The third-order valence-electron chi connectivity index (χ3n) is 5.66. The van der Waals surface area contributed by atoms with Crippen molar-refractivity contribution in [2.24, 2.45) is 0 Å². The van der Waals surface area contributed by atoms with Gasteiger partial charge in [0.1, 0.15) is 0 Å². The van der Waals surface area contributed by atoms with Crippen LogP contribution in [0.1, 0.15) is 19.3 Å². The highest BCUT2D eigenvalue weighted by molar-refractivity contribution is 7.87. The van der Waals surface area contributed by atoms with Crippen LogP contribution in [0.3, 0.4) is 0 Å². The van der Waals surface area contributed by atoms with Crippen molar-refractivity contribution >= 4 is 22.1 Å². The van der Waals surface area contributed by atoms with Gasteiger partial charge in [-0.3, -0.25) is 14.1 Å². The summed E-state index contributed by atoms with van der Waals surface area (Å²) in [7, 11) is -6.18. The molecule has 0 rings (SSSR count). The van der Waals surface area contributed by atoms with Crippen LogP contribution in [0.25, 0.3) is 0 Å². The lowest BCUT2D eigenvalue weighted by Crippen LogP contribution is -2.70. The number of halogens is 22. The Kier molecular flexibility index (Phi) is 12.5. The lowest BCUT2D eigenvalue weighted by molar-refractivity contribution is -0.427. The normalized spacial score (nSPS) is 16.1. The highest BCUT2D eigenvalue weighted by atomic mass is 32.2. The van der Waals surface area contributed by atoms with E-state index in [4.69, 9.17) is 4.55 Å². The van der Waals surface area contributed by atoms with E-state index >= 15 is 0 Å². The van der Waals surface area contributed by atoms with Gasteiger partial charge in [-0.1, -0.05) is 0 Å². The molecule has 0 aromatic rings. The van der Waals surface area contributed by atoms with Gasteiger partial charge in [-0.05, 0) is 0 Å². The smallest absolute Gasteiger partial charge is 0.438 e. The molecule has 7 nitrogen and oxygen atoms in total. The van der Waals surface area contributed by atoms with Gasteiger partial charge in [0.2, 0.25) is 0 Å². The van der Waals surface area contributed by atoms with Crippen LogP contribution in [0, 0.1) is 0 Å². The fourth-order valence-corrected chi connectivity index (χ4v) is 3.70. The maximum absolute atomic E-state index is 13.7. The summed E-state index contributed by atoms with van der Waals surface area (Å²) in [5.41, 5.74) is -15.9. The highest BCUT2D eigenvalue weighted by Gasteiger charge is 2.91. The van der Waals surface area contributed by atoms with Crippen LogP contribution in [0.15, 0.2) is 0 Å². The average molecular weight is 790 g/mol. The standard InChI is InChI=1S/C18H12F22O7S/c19-9(20,13(25,26)11(23,15(29,30)31)16(32,33)34)1-3-46-7(41)5-6(48(43,44)45)8(42)47-4-2-10(21,22)14(27,28)12(24,17(35,36)37)18(38,39)40/h6H,1-5H2,(H,43,44,45). The Morgan fingerprint density at radius 1 is 0.521 bits per heavy atom. The highest BCUT2D eigenvalue weighted by Crippen LogP contribution is 2.61. The zero-order valence-corrected chi connectivity index (χ0v) is 22.5. The quantitative estimate of drug-likeness (QED) is 0.119. The van der Waals surface area contributed by atoms with Crippen LogP contribution in [-0.2, 0) is 29.2 Å². The van der Waals surface area contributed by atoms with Crippen LogP contribution in [-0.4, -0.2) is 103 Å². The maximum atomic E-state index is 13.7. The molecule has 1 unspecified atom stereocenters. The predicted octanol–water partition coefficient (Wildman–Crippen LogP) is 6.71.